The molecule has 0 aliphatic rings. The topological polar surface area (TPSA) is 41.1 Å². The van der Waals surface area contributed by atoms with E-state index in [0.717, 1.165) is 0 Å². The Balaban J connectivity index is 1.81. The molecule has 0 radical (unpaired) electrons. The molecule has 0 fully saturated rings. The Kier molecular flexibility index (Phi) is 5.19. The van der Waals surface area contributed by atoms with Gasteiger partial charge < -0.3 is 10.6 Å². The lowest BCUT2D eigenvalue weighted by atomic mass is 10.2. The molecule has 2 rings (SSSR count). The molecule has 0 bridgehead atoms. The summed E-state index contributed by atoms with van der Waals surface area (Å²) in [6.07, 6.45) is 0. The lowest BCUT2D eigenvalue weighted by Gasteiger charge is -2.05. The minimum atomic E-state index is -0.370. The Bertz CT molecular complexity index is 689. The average molecular weight is 303 g/mol. The second kappa shape index (κ2) is 7.32. The molecule has 0 aliphatic heterocycles. The summed E-state index contributed by atoms with van der Waals surface area (Å²) < 4.78 is 12.7. The predicted octanol–water partition coefficient (Wildman–Crippen LogP) is 3.65. The molecule has 0 saturated carbocycles. The van der Waals surface area contributed by atoms with Crippen LogP contribution in [0.5, 0.6) is 0 Å². The molecule has 0 unspecified atom stereocenters. The van der Waals surface area contributed by atoms with Crippen molar-refractivity contribution in [3.8, 4) is 11.8 Å². The number of nitrogens with one attached hydrogen (secondary N) is 2. The highest BCUT2D eigenvalue weighted by molar-refractivity contribution is 6.30. The van der Waals surface area contributed by atoms with E-state index in [1.807, 2.05) is 0 Å². The maximum absolute atomic E-state index is 12.7. The first-order valence-electron chi connectivity index (χ1n) is 6.18. The van der Waals surface area contributed by atoms with Crippen LogP contribution in [-0.4, -0.2) is 12.6 Å². The summed E-state index contributed by atoms with van der Waals surface area (Å²) in [5.74, 6) is 5.29. The number of halogens is 2. The second-order valence-corrected chi connectivity index (χ2v) is 4.56. The Labute approximate surface area is 127 Å². The van der Waals surface area contributed by atoms with Crippen molar-refractivity contribution in [3.05, 3.63) is 64.9 Å². The Morgan fingerprint density at radius 2 is 1.95 bits per heavy atom. The Morgan fingerprint density at radius 1 is 1.19 bits per heavy atom. The van der Waals surface area contributed by atoms with Gasteiger partial charge in [0.15, 0.2) is 0 Å². The third kappa shape index (κ3) is 5.17. The second-order valence-electron chi connectivity index (χ2n) is 4.13. The van der Waals surface area contributed by atoms with Gasteiger partial charge in [0.1, 0.15) is 5.82 Å². The van der Waals surface area contributed by atoms with E-state index in [1.165, 1.54) is 12.1 Å². The molecular formula is C16H12ClFN2O. The largest absolute Gasteiger partial charge is 0.327 e. The monoisotopic (exact) mass is 302 g/mol. The summed E-state index contributed by atoms with van der Waals surface area (Å²) in [6.45, 7) is 0.184. The van der Waals surface area contributed by atoms with Gasteiger partial charge >= 0.3 is 6.03 Å². The third-order valence-corrected chi connectivity index (χ3v) is 2.73. The van der Waals surface area contributed by atoms with Gasteiger partial charge in [-0.15, -0.1) is 0 Å². The van der Waals surface area contributed by atoms with Gasteiger partial charge in [0, 0.05) is 16.3 Å². The van der Waals surface area contributed by atoms with Gasteiger partial charge in [0.2, 0.25) is 0 Å². The number of carbonyl (C=O) groups excluding carboxylic acids is 1. The zero-order valence-corrected chi connectivity index (χ0v) is 11.7. The number of hydrogen-bond acceptors (Lipinski definition) is 1. The van der Waals surface area contributed by atoms with Crippen LogP contribution in [-0.2, 0) is 0 Å². The number of hydrogen-bond donors (Lipinski definition) is 2. The van der Waals surface area contributed by atoms with Gasteiger partial charge in [-0.05, 0) is 42.5 Å². The lowest BCUT2D eigenvalue weighted by molar-refractivity contribution is 0.253. The zero-order valence-electron chi connectivity index (χ0n) is 11.0. The van der Waals surface area contributed by atoms with E-state index in [4.69, 9.17) is 11.6 Å². The van der Waals surface area contributed by atoms with Gasteiger partial charge in [-0.1, -0.05) is 29.5 Å². The predicted molar refractivity (Wildman–Crippen MR) is 81.8 cm³/mol. The summed E-state index contributed by atoms with van der Waals surface area (Å²) in [5.41, 5.74) is 1.29. The van der Waals surface area contributed by atoms with E-state index < -0.39 is 0 Å². The zero-order chi connectivity index (χ0) is 15.1. The van der Waals surface area contributed by atoms with Crippen LogP contribution in [0.25, 0.3) is 0 Å². The van der Waals surface area contributed by atoms with Gasteiger partial charge in [0.05, 0.1) is 6.54 Å². The Morgan fingerprint density at radius 3 is 2.67 bits per heavy atom. The van der Waals surface area contributed by atoms with E-state index >= 15 is 0 Å². The van der Waals surface area contributed by atoms with Crippen molar-refractivity contribution < 1.29 is 9.18 Å². The van der Waals surface area contributed by atoms with Crippen LogP contribution in [0.15, 0.2) is 48.5 Å². The first kappa shape index (κ1) is 14.9. The highest BCUT2D eigenvalue weighted by Crippen LogP contribution is 2.14. The van der Waals surface area contributed by atoms with E-state index in [9.17, 15) is 9.18 Å². The molecule has 0 heterocycles. The van der Waals surface area contributed by atoms with Crippen molar-refractivity contribution >= 4 is 23.3 Å². The van der Waals surface area contributed by atoms with Gasteiger partial charge in [-0.25, -0.2) is 9.18 Å². The highest BCUT2D eigenvalue weighted by atomic mass is 35.5. The molecule has 21 heavy (non-hydrogen) atoms. The number of carbonyl (C=O) groups is 1. The number of urea groups is 1. The molecule has 0 atom stereocenters. The number of rotatable bonds is 2. The number of benzene rings is 2. The van der Waals surface area contributed by atoms with E-state index in [2.05, 4.69) is 22.5 Å². The summed E-state index contributed by atoms with van der Waals surface area (Å²) in [6, 6.07) is 12.3. The van der Waals surface area contributed by atoms with E-state index in [-0.39, 0.29) is 18.4 Å². The minimum absolute atomic E-state index is 0.184. The maximum Gasteiger partial charge on any atom is 0.319 e. The molecule has 3 nitrogen and oxygen atoms in total. The molecule has 0 saturated heterocycles. The molecule has 2 amide bonds. The molecule has 5 heteroatoms. The van der Waals surface area contributed by atoms with Crippen molar-refractivity contribution in [2.45, 2.75) is 0 Å². The minimum Gasteiger partial charge on any atom is -0.327 e. The van der Waals surface area contributed by atoms with Gasteiger partial charge in [0.25, 0.3) is 0 Å². The van der Waals surface area contributed by atoms with Crippen LogP contribution in [0, 0.1) is 17.7 Å². The first-order valence-corrected chi connectivity index (χ1v) is 6.56. The van der Waals surface area contributed by atoms with Gasteiger partial charge in [-0.2, -0.15) is 0 Å². The molecule has 106 valence electrons. The fraction of sp³-hybridized carbons (Fsp3) is 0.0625. The van der Waals surface area contributed by atoms with Crippen molar-refractivity contribution in [1.29, 1.82) is 0 Å². The molecule has 2 aromatic carbocycles. The number of anilines is 1. The maximum atomic E-state index is 12.7. The summed E-state index contributed by atoms with van der Waals surface area (Å²) in [7, 11) is 0. The van der Waals surface area contributed by atoms with E-state index in [1.54, 1.807) is 36.4 Å². The van der Waals surface area contributed by atoms with Crippen molar-refractivity contribution in [3.63, 3.8) is 0 Å². The van der Waals surface area contributed by atoms with Crippen LogP contribution in [0.4, 0.5) is 14.9 Å². The molecule has 2 N–H and O–H groups in total. The first-order chi connectivity index (χ1) is 10.1. The Hall–Kier alpha value is -2.51. The summed E-state index contributed by atoms with van der Waals surface area (Å²) in [4.78, 5) is 11.6. The molecule has 0 spiro atoms. The molecule has 0 aromatic heterocycles. The van der Waals surface area contributed by atoms with E-state index in [0.29, 0.717) is 16.3 Å². The SMILES string of the molecule is O=C(NCC#Cc1ccc(F)cc1)Nc1cccc(Cl)c1. The number of amides is 2. The summed E-state index contributed by atoms with van der Waals surface area (Å²) >= 11 is 5.81. The van der Waals surface area contributed by atoms with Crippen LogP contribution in [0.2, 0.25) is 5.02 Å². The standard InChI is InChI=1S/C16H12ClFN2O/c17-13-4-1-5-15(11-13)20-16(21)19-10-2-3-12-6-8-14(18)9-7-12/h1,4-9,11H,10H2,(H2,19,20,21). The van der Waals surface area contributed by atoms with Crippen molar-refractivity contribution in [2.24, 2.45) is 0 Å². The average Bonchev–Trinajstić information content (AvgIpc) is 2.45. The van der Waals surface area contributed by atoms with Gasteiger partial charge in [-0.3, -0.25) is 0 Å². The highest BCUT2D eigenvalue weighted by Gasteiger charge is 1.99. The molecule has 2 aromatic rings. The lowest BCUT2D eigenvalue weighted by Crippen LogP contribution is -2.28. The van der Waals surface area contributed by atoms with Crippen LogP contribution < -0.4 is 10.6 Å². The third-order valence-electron chi connectivity index (χ3n) is 2.50. The normalized spacial score (nSPS) is 9.43. The summed E-state index contributed by atoms with van der Waals surface area (Å²) in [5, 5.41) is 5.77. The van der Waals surface area contributed by atoms with Crippen molar-refractivity contribution in [2.75, 3.05) is 11.9 Å². The molecule has 0 aliphatic carbocycles. The van der Waals surface area contributed by atoms with Crippen LogP contribution in [0.1, 0.15) is 5.56 Å². The van der Waals surface area contributed by atoms with Crippen molar-refractivity contribution in [1.82, 2.24) is 5.32 Å². The van der Waals surface area contributed by atoms with Crippen LogP contribution in [0.3, 0.4) is 0 Å². The smallest absolute Gasteiger partial charge is 0.319 e. The van der Waals surface area contributed by atoms with Crippen LogP contribution >= 0.6 is 11.6 Å². The quantitative estimate of drug-likeness (QED) is 0.817. The fourth-order valence-electron chi connectivity index (χ4n) is 1.55. The fourth-order valence-corrected chi connectivity index (χ4v) is 1.74. The molecular weight excluding hydrogens is 291 g/mol.